The first-order chi connectivity index (χ1) is 24.2. The molecule has 5 aromatic rings. The zero-order chi connectivity index (χ0) is 35.3. The molecule has 0 bridgehead atoms. The molecule has 1 aliphatic rings. The van der Waals surface area contributed by atoms with Crippen molar-refractivity contribution in [1.82, 2.24) is 14.9 Å². The van der Waals surface area contributed by atoms with Crippen LogP contribution < -0.4 is 15.9 Å². The monoisotopic (exact) mass is 812 g/mol. The van der Waals surface area contributed by atoms with E-state index in [0.29, 0.717) is 5.56 Å². The van der Waals surface area contributed by atoms with Crippen LogP contribution in [0.2, 0.25) is 0 Å². The molecule has 3 unspecified atom stereocenters. The topological polar surface area (TPSA) is 142 Å². The number of benzene rings is 4. The Kier molecular flexibility index (Phi) is 12.1. The van der Waals surface area contributed by atoms with E-state index in [4.69, 9.17) is 22.1 Å². The number of β-lactam (4-membered cyclic amide) rings is 1. The van der Waals surface area contributed by atoms with E-state index in [2.05, 4.69) is 9.97 Å². The van der Waals surface area contributed by atoms with E-state index in [1.807, 2.05) is 91.0 Å². The Morgan fingerprint density at radius 1 is 0.882 bits per heavy atom. The van der Waals surface area contributed by atoms with Gasteiger partial charge in [-0.15, -0.1) is 0 Å². The van der Waals surface area contributed by atoms with Crippen molar-refractivity contribution in [3.63, 3.8) is 0 Å². The normalized spacial score (nSPS) is 15.8. The first-order valence-electron chi connectivity index (χ1n) is 15.5. The zero-order valence-corrected chi connectivity index (χ0v) is 30.1. The Morgan fingerprint density at radius 2 is 1.41 bits per heavy atom. The van der Waals surface area contributed by atoms with E-state index >= 15 is 0 Å². The summed E-state index contributed by atoms with van der Waals surface area (Å²) < 4.78 is 11.6. The molecular formula is C37H30AgN4O7PS. The molecule has 1 amide bonds. The molecule has 1 aromatic heterocycles. The minimum atomic E-state index is -3.26. The van der Waals surface area contributed by atoms with Crippen LogP contribution in [-0.4, -0.2) is 48.4 Å². The van der Waals surface area contributed by atoms with Gasteiger partial charge in [0.1, 0.15) is 17.7 Å². The minimum Gasteiger partial charge on any atom is -0.767 e. The summed E-state index contributed by atoms with van der Waals surface area (Å²) in [5, 5.41) is 12.5. The third kappa shape index (κ3) is 7.46. The van der Waals surface area contributed by atoms with E-state index in [1.165, 1.54) is 54.7 Å². The molecule has 262 valence electrons. The number of nitro groups is 1. The Balaban J connectivity index is 0.00000504. The molecule has 1 aliphatic heterocycles. The summed E-state index contributed by atoms with van der Waals surface area (Å²) >= 11 is 6.04. The van der Waals surface area contributed by atoms with Crippen LogP contribution in [0.4, 0.5) is 5.69 Å². The van der Waals surface area contributed by atoms with Crippen molar-refractivity contribution < 1.29 is 51.2 Å². The number of non-ortho nitro benzene ring substituents is 1. The molecule has 4 aromatic carbocycles. The largest absolute Gasteiger partial charge is 1.00 e. The number of likely N-dealkylation sites (tertiary alicyclic amines) is 1. The number of aromatic nitrogens is 2. The van der Waals surface area contributed by atoms with Gasteiger partial charge in [0, 0.05) is 38.3 Å². The average molecular weight is 814 g/mol. The third-order valence-electron chi connectivity index (χ3n) is 8.25. The number of rotatable bonds is 11. The Morgan fingerprint density at radius 3 is 1.84 bits per heavy atom. The number of carbonyl (C=O) groups is 3. The summed E-state index contributed by atoms with van der Waals surface area (Å²) in [4.78, 5) is 62.0. The number of hydrogen-bond acceptors (Lipinski definition) is 10. The molecule has 6 rings (SSSR count). The summed E-state index contributed by atoms with van der Waals surface area (Å²) in [6.07, 6.45) is 3.14. The maximum atomic E-state index is 14.8. The fourth-order valence-corrected chi connectivity index (χ4v) is 11.0. The molecule has 0 saturated carbocycles. The quantitative estimate of drug-likeness (QED) is 0.0363. The molecule has 2 heterocycles. The summed E-state index contributed by atoms with van der Waals surface area (Å²) in [6.45, 7) is -2.26. The molecule has 0 radical (unpaired) electrons. The van der Waals surface area contributed by atoms with Gasteiger partial charge in [0.2, 0.25) is 5.91 Å². The van der Waals surface area contributed by atoms with E-state index in [-0.39, 0.29) is 45.8 Å². The zero-order valence-electron chi connectivity index (χ0n) is 26.9. The third-order valence-corrected chi connectivity index (χ3v) is 13.0. The van der Waals surface area contributed by atoms with Gasteiger partial charge >= 0.3 is 34.3 Å². The fourth-order valence-electron chi connectivity index (χ4n) is 6.04. The number of hydrogen-bond donors (Lipinski definition) is 0. The van der Waals surface area contributed by atoms with Gasteiger partial charge in [-0.05, 0) is 33.6 Å². The van der Waals surface area contributed by atoms with Gasteiger partial charge < -0.3 is 27.0 Å². The maximum Gasteiger partial charge on any atom is 1.00 e. The number of esters is 2. The molecule has 1 fully saturated rings. The first kappa shape index (κ1) is 37.4. The second-order valence-corrected chi connectivity index (χ2v) is 15.1. The van der Waals surface area contributed by atoms with Gasteiger partial charge in [-0.2, -0.15) is 0 Å². The molecule has 3 atom stereocenters. The van der Waals surface area contributed by atoms with Gasteiger partial charge in [-0.3, -0.25) is 29.7 Å². The molecule has 0 N–H and O–H groups in total. The van der Waals surface area contributed by atoms with Crippen molar-refractivity contribution in [3.8, 4) is 0 Å². The number of nitro benzene ring substituents is 1. The van der Waals surface area contributed by atoms with Gasteiger partial charge in [0.25, 0.3) is 5.69 Å². The summed E-state index contributed by atoms with van der Waals surface area (Å²) in [5.41, 5.74) is 0.691. The van der Waals surface area contributed by atoms with Gasteiger partial charge in [0.05, 0.1) is 17.0 Å². The maximum absolute atomic E-state index is 14.8. The van der Waals surface area contributed by atoms with Crippen molar-refractivity contribution in [1.29, 1.82) is 0 Å². The molecule has 11 nitrogen and oxygen atoms in total. The van der Waals surface area contributed by atoms with E-state index in [1.54, 1.807) is 0 Å². The van der Waals surface area contributed by atoms with Gasteiger partial charge in [-0.1, -0.05) is 96.4 Å². The van der Waals surface area contributed by atoms with E-state index in [0.717, 1.165) is 15.9 Å². The molecule has 14 heteroatoms. The van der Waals surface area contributed by atoms with Crippen LogP contribution in [0.1, 0.15) is 24.3 Å². The molecule has 0 aliphatic carbocycles. The number of carbonyl (C=O) groups excluding carboxylic acids is 3. The number of ether oxygens (including phenoxy) is 2. The minimum absolute atomic E-state index is 0. The van der Waals surface area contributed by atoms with Gasteiger partial charge in [0.15, 0.2) is 6.10 Å². The van der Waals surface area contributed by atoms with Gasteiger partial charge in [-0.25, -0.2) is 4.79 Å². The summed E-state index contributed by atoms with van der Waals surface area (Å²) in [5.74, 6) is -3.04. The smallest absolute Gasteiger partial charge is 0.767 e. The Labute approximate surface area is 315 Å². The van der Waals surface area contributed by atoms with Crippen LogP contribution in [0.25, 0.3) is 0 Å². The molecular weight excluding hydrogens is 783 g/mol. The summed E-state index contributed by atoms with van der Waals surface area (Å²) in [7, 11) is 0. The van der Waals surface area contributed by atoms with Crippen LogP contribution in [-0.2, 0) is 65.5 Å². The second-order valence-electron chi connectivity index (χ2n) is 11.3. The first-order valence-corrected chi connectivity index (χ1v) is 17.8. The predicted molar refractivity (Wildman–Crippen MR) is 191 cm³/mol. The SMILES string of the molecule is CC(=O)OC(c1cnccn1)C1C(=O)N(C(C(=O)OCc2ccc([N+](=O)[O-])cc2)=P(c2ccccc2)(c2ccccc2)c2ccccc2)C1[S-].[Ag+]. The molecule has 0 spiro atoms. The Bertz CT molecular complexity index is 1970. The van der Waals surface area contributed by atoms with Crippen LogP contribution in [0.3, 0.4) is 0 Å². The fraction of sp³-hybridized carbons (Fsp3) is 0.135. The predicted octanol–water partition coefficient (Wildman–Crippen LogP) is 4.19. The van der Waals surface area contributed by atoms with Crippen LogP contribution >= 0.6 is 6.89 Å². The van der Waals surface area contributed by atoms with E-state index in [9.17, 15) is 24.5 Å². The van der Waals surface area contributed by atoms with Crippen molar-refractivity contribution >= 4 is 64.4 Å². The van der Waals surface area contributed by atoms with Crippen molar-refractivity contribution in [2.24, 2.45) is 5.92 Å². The molecule has 1 saturated heterocycles. The Hall–Kier alpha value is -4.84. The number of amides is 1. The average Bonchev–Trinajstić information content (AvgIpc) is 3.15. The molecule has 51 heavy (non-hydrogen) atoms. The van der Waals surface area contributed by atoms with Crippen LogP contribution in [0.5, 0.6) is 0 Å². The van der Waals surface area contributed by atoms with E-state index < -0.39 is 47.1 Å². The summed E-state index contributed by atoms with van der Waals surface area (Å²) in [6, 6.07) is 34.0. The standard InChI is InChI=1S/C37H31N4O7PS.Ag/c1-25(42)48-33(31-23-38-21-22-39-31)32-34(43)40(36(32)50)35(37(44)47-24-26-17-19-27(20-18-26)41(45)46)49(28-11-5-2-6-12-28,29-13-7-3-8-14-29)30-15-9-4-10-16-30;/h2-23,32-33,36,50H,24H2,1H3;/q;+1/p-1. The second kappa shape index (κ2) is 16.5. The number of nitrogens with zero attached hydrogens (tertiary/aromatic N) is 4. The van der Waals surface area contributed by atoms with Crippen LogP contribution in [0, 0.1) is 16.0 Å². The van der Waals surface area contributed by atoms with Crippen LogP contribution in [0.15, 0.2) is 134 Å². The van der Waals surface area contributed by atoms with Crippen molar-refractivity contribution in [2.45, 2.75) is 25.0 Å². The van der Waals surface area contributed by atoms with Crippen molar-refractivity contribution in [3.05, 3.63) is 155 Å². The van der Waals surface area contributed by atoms with Crippen molar-refractivity contribution in [2.75, 3.05) is 0 Å².